The fraction of sp³-hybridized carbons (Fsp3) is 0.500. The lowest BCUT2D eigenvalue weighted by Gasteiger charge is -2.23. The lowest BCUT2D eigenvalue weighted by Crippen LogP contribution is -2.38. The summed E-state index contributed by atoms with van der Waals surface area (Å²) in [5.41, 5.74) is -0.121. The van der Waals surface area contributed by atoms with Crippen molar-refractivity contribution in [1.29, 1.82) is 5.26 Å². The number of rotatable bonds is 4. The van der Waals surface area contributed by atoms with Crippen molar-refractivity contribution < 1.29 is 9.66 Å². The highest BCUT2D eigenvalue weighted by atomic mass is 16.6. The molecule has 1 aromatic rings. The van der Waals surface area contributed by atoms with Gasteiger partial charge in [-0.3, -0.25) is 10.1 Å². The molecule has 0 amide bonds. The monoisotopic (exact) mass is 262 g/mol. The number of nitrogens with one attached hydrogen (secondary N) is 1. The molecule has 0 saturated carbocycles. The second-order valence-corrected chi connectivity index (χ2v) is 4.37. The van der Waals surface area contributed by atoms with Gasteiger partial charge in [0, 0.05) is 12.1 Å². The van der Waals surface area contributed by atoms with E-state index in [1.807, 2.05) is 6.07 Å². The zero-order valence-corrected chi connectivity index (χ0v) is 10.3. The first-order chi connectivity index (χ1) is 9.20. The summed E-state index contributed by atoms with van der Waals surface area (Å²) in [5, 5.41) is 22.9. The van der Waals surface area contributed by atoms with E-state index in [0.29, 0.717) is 6.61 Å². The number of piperidine rings is 1. The van der Waals surface area contributed by atoms with E-state index in [0.717, 1.165) is 32.0 Å². The van der Waals surface area contributed by atoms with Gasteiger partial charge in [-0.25, -0.2) is 4.98 Å². The Morgan fingerprint density at radius 3 is 3.11 bits per heavy atom. The summed E-state index contributed by atoms with van der Waals surface area (Å²) in [4.78, 5) is 13.8. The van der Waals surface area contributed by atoms with E-state index in [2.05, 4.69) is 10.3 Å². The van der Waals surface area contributed by atoms with Gasteiger partial charge < -0.3 is 10.1 Å². The van der Waals surface area contributed by atoms with Crippen LogP contribution in [0.5, 0.6) is 5.88 Å². The SMILES string of the molecule is N#Cc1cc([N+](=O)[O-])cnc1OCC1CCCCN1. The van der Waals surface area contributed by atoms with Gasteiger partial charge in [0.15, 0.2) is 0 Å². The molecule has 0 bridgehead atoms. The smallest absolute Gasteiger partial charge is 0.289 e. The number of hydrogen-bond acceptors (Lipinski definition) is 6. The van der Waals surface area contributed by atoms with E-state index in [4.69, 9.17) is 10.00 Å². The van der Waals surface area contributed by atoms with Crippen molar-refractivity contribution in [2.24, 2.45) is 0 Å². The van der Waals surface area contributed by atoms with Gasteiger partial charge in [0.1, 0.15) is 24.4 Å². The first-order valence-electron chi connectivity index (χ1n) is 6.11. The predicted molar refractivity (Wildman–Crippen MR) is 66.7 cm³/mol. The van der Waals surface area contributed by atoms with E-state index >= 15 is 0 Å². The average Bonchev–Trinajstić information content (AvgIpc) is 2.45. The maximum Gasteiger partial charge on any atom is 0.289 e. The maximum absolute atomic E-state index is 10.6. The Hall–Kier alpha value is -2.20. The largest absolute Gasteiger partial charge is 0.475 e. The quantitative estimate of drug-likeness (QED) is 0.649. The zero-order valence-electron chi connectivity index (χ0n) is 10.3. The van der Waals surface area contributed by atoms with Crippen LogP contribution in [0.4, 0.5) is 5.69 Å². The van der Waals surface area contributed by atoms with E-state index in [9.17, 15) is 10.1 Å². The van der Waals surface area contributed by atoms with Crippen molar-refractivity contribution in [3.05, 3.63) is 27.9 Å². The Labute approximate surface area is 110 Å². The second-order valence-electron chi connectivity index (χ2n) is 4.37. The van der Waals surface area contributed by atoms with Gasteiger partial charge in [-0.2, -0.15) is 5.26 Å². The van der Waals surface area contributed by atoms with Crippen molar-refractivity contribution in [3.63, 3.8) is 0 Å². The van der Waals surface area contributed by atoms with Crippen LogP contribution < -0.4 is 10.1 Å². The molecule has 7 heteroatoms. The molecule has 0 spiro atoms. The highest BCUT2D eigenvalue weighted by Crippen LogP contribution is 2.20. The Morgan fingerprint density at radius 1 is 1.63 bits per heavy atom. The molecule has 0 radical (unpaired) electrons. The van der Waals surface area contributed by atoms with Crippen molar-refractivity contribution in [3.8, 4) is 11.9 Å². The molecule has 1 fully saturated rings. The minimum atomic E-state index is -0.583. The molecule has 2 heterocycles. The van der Waals surface area contributed by atoms with Crippen LogP contribution >= 0.6 is 0 Å². The van der Waals surface area contributed by atoms with Gasteiger partial charge in [0.05, 0.1) is 4.92 Å². The standard InChI is InChI=1S/C12H14N4O3/c13-6-9-5-11(16(17)18)7-15-12(9)19-8-10-3-1-2-4-14-10/h5,7,10,14H,1-4,8H2. The summed E-state index contributed by atoms with van der Waals surface area (Å²) < 4.78 is 5.48. The molecule has 7 nitrogen and oxygen atoms in total. The van der Waals surface area contributed by atoms with Crippen LogP contribution in [0, 0.1) is 21.4 Å². The minimum absolute atomic E-state index is 0.0880. The second kappa shape index (κ2) is 6.11. The number of nitriles is 1. The molecule has 19 heavy (non-hydrogen) atoms. The minimum Gasteiger partial charge on any atom is -0.475 e. The number of nitro groups is 1. The number of nitrogens with zero attached hydrogens (tertiary/aromatic N) is 3. The average molecular weight is 262 g/mol. The summed E-state index contributed by atoms with van der Waals surface area (Å²) in [6, 6.07) is 3.29. The molecule has 1 atom stereocenters. The van der Waals surface area contributed by atoms with Crippen molar-refractivity contribution in [2.75, 3.05) is 13.2 Å². The maximum atomic E-state index is 10.6. The topological polar surface area (TPSA) is 101 Å². The van der Waals surface area contributed by atoms with Crippen LogP contribution in [0.2, 0.25) is 0 Å². The summed E-state index contributed by atoms with van der Waals surface area (Å²) in [5.74, 6) is 0.153. The fourth-order valence-electron chi connectivity index (χ4n) is 1.98. The fourth-order valence-corrected chi connectivity index (χ4v) is 1.98. The van der Waals surface area contributed by atoms with Gasteiger partial charge in [-0.05, 0) is 19.4 Å². The summed E-state index contributed by atoms with van der Waals surface area (Å²) >= 11 is 0. The Kier molecular flexibility index (Phi) is 4.26. The van der Waals surface area contributed by atoms with Crippen molar-refractivity contribution in [1.82, 2.24) is 10.3 Å². The third kappa shape index (κ3) is 3.39. The molecular weight excluding hydrogens is 248 g/mol. The number of ether oxygens (including phenoxy) is 1. The van der Waals surface area contributed by atoms with Crippen LogP contribution in [0.15, 0.2) is 12.3 Å². The van der Waals surface area contributed by atoms with Crippen LogP contribution in [0.25, 0.3) is 0 Å². The third-order valence-corrected chi connectivity index (χ3v) is 3.00. The molecule has 1 saturated heterocycles. The molecule has 100 valence electrons. The number of pyridine rings is 1. The summed E-state index contributed by atoms with van der Waals surface area (Å²) in [6.45, 7) is 1.38. The van der Waals surface area contributed by atoms with Gasteiger partial charge in [0.25, 0.3) is 5.69 Å². The van der Waals surface area contributed by atoms with Crippen LogP contribution in [0.1, 0.15) is 24.8 Å². The van der Waals surface area contributed by atoms with Gasteiger partial charge in [-0.15, -0.1) is 0 Å². The third-order valence-electron chi connectivity index (χ3n) is 3.00. The Morgan fingerprint density at radius 2 is 2.47 bits per heavy atom. The van der Waals surface area contributed by atoms with E-state index in [1.54, 1.807) is 0 Å². The van der Waals surface area contributed by atoms with Crippen LogP contribution in [-0.4, -0.2) is 29.1 Å². The van der Waals surface area contributed by atoms with Gasteiger partial charge in [0.2, 0.25) is 5.88 Å². The first-order valence-corrected chi connectivity index (χ1v) is 6.11. The molecule has 1 aliphatic heterocycles. The Bertz CT molecular complexity index is 506. The molecule has 0 aliphatic carbocycles. The molecule has 1 unspecified atom stereocenters. The summed E-state index contributed by atoms with van der Waals surface area (Å²) in [7, 11) is 0. The molecule has 0 aromatic carbocycles. The molecular formula is C12H14N4O3. The zero-order chi connectivity index (χ0) is 13.7. The van der Waals surface area contributed by atoms with Crippen molar-refractivity contribution in [2.45, 2.75) is 25.3 Å². The molecule has 2 rings (SSSR count). The first kappa shape index (κ1) is 13.2. The Balaban J connectivity index is 2.03. The normalized spacial score (nSPS) is 18.6. The van der Waals surface area contributed by atoms with E-state index < -0.39 is 4.92 Å². The number of hydrogen-bond donors (Lipinski definition) is 1. The highest BCUT2D eigenvalue weighted by Gasteiger charge is 2.16. The molecule has 1 aromatic heterocycles. The lowest BCUT2D eigenvalue weighted by molar-refractivity contribution is -0.385. The van der Waals surface area contributed by atoms with E-state index in [1.165, 1.54) is 6.07 Å². The molecule has 1 N–H and O–H groups in total. The number of aromatic nitrogens is 1. The predicted octanol–water partition coefficient (Wildman–Crippen LogP) is 1.38. The van der Waals surface area contributed by atoms with Crippen molar-refractivity contribution >= 4 is 5.69 Å². The van der Waals surface area contributed by atoms with Crippen LogP contribution in [0.3, 0.4) is 0 Å². The highest BCUT2D eigenvalue weighted by molar-refractivity contribution is 5.44. The van der Waals surface area contributed by atoms with E-state index in [-0.39, 0.29) is 23.2 Å². The van der Waals surface area contributed by atoms with Gasteiger partial charge >= 0.3 is 0 Å². The summed E-state index contributed by atoms with van der Waals surface area (Å²) in [6.07, 6.45) is 4.44. The van der Waals surface area contributed by atoms with Crippen LogP contribution in [-0.2, 0) is 0 Å². The lowest BCUT2D eigenvalue weighted by atomic mass is 10.1. The molecule has 1 aliphatic rings. The van der Waals surface area contributed by atoms with Gasteiger partial charge in [-0.1, -0.05) is 6.42 Å².